The number of hydrogen-bond acceptors (Lipinski definition) is 6. The van der Waals surface area contributed by atoms with Crippen LogP contribution in [0.3, 0.4) is 0 Å². The first-order valence-electron chi connectivity index (χ1n) is 7.45. The molecule has 0 aliphatic carbocycles. The summed E-state index contributed by atoms with van der Waals surface area (Å²) in [5, 5.41) is 13.3. The summed E-state index contributed by atoms with van der Waals surface area (Å²) in [5.41, 5.74) is 6.92. The van der Waals surface area contributed by atoms with Crippen LogP contribution >= 0.6 is 11.8 Å². The summed E-state index contributed by atoms with van der Waals surface area (Å²) < 4.78 is 6.83. The van der Waals surface area contributed by atoms with Gasteiger partial charge in [0.05, 0.1) is 12.4 Å². The predicted molar refractivity (Wildman–Crippen MR) is 91.9 cm³/mol. The molecule has 1 aromatic carbocycles. The maximum absolute atomic E-state index is 11.4. The zero-order valence-corrected chi connectivity index (χ0v) is 14.2. The number of amides is 1. The molecule has 0 saturated carbocycles. The highest BCUT2D eigenvalue weighted by Crippen LogP contribution is 2.25. The monoisotopic (exact) mass is 343 g/mol. The van der Waals surface area contributed by atoms with Gasteiger partial charge in [-0.25, -0.2) is 0 Å². The summed E-state index contributed by atoms with van der Waals surface area (Å²) in [5.74, 6) is 1.05. The number of nitrogens with zero attached hydrogens (tertiary/aromatic N) is 4. The van der Waals surface area contributed by atoms with E-state index in [4.69, 9.17) is 10.5 Å². The van der Waals surface area contributed by atoms with Gasteiger partial charge in [-0.15, -0.1) is 10.2 Å². The summed E-state index contributed by atoms with van der Waals surface area (Å²) in [6.45, 7) is 1.92. The van der Waals surface area contributed by atoms with Crippen molar-refractivity contribution in [3.05, 3.63) is 36.4 Å². The van der Waals surface area contributed by atoms with Gasteiger partial charge in [-0.1, -0.05) is 18.7 Å². The standard InChI is InChI=1S/C16H17N5O2S/c1-3-12(15(17)22)24-14-9-8-13-18-19-16(21(13)20-14)10-4-6-11(23-2)7-5-10/h4-9,12H,3H2,1-2H3,(H2,17,22). The molecule has 1 unspecified atom stereocenters. The second-order valence-electron chi connectivity index (χ2n) is 5.11. The number of primary amides is 1. The molecule has 0 saturated heterocycles. The first kappa shape index (κ1) is 16.3. The van der Waals surface area contributed by atoms with E-state index in [-0.39, 0.29) is 11.2 Å². The fourth-order valence-electron chi connectivity index (χ4n) is 2.24. The van der Waals surface area contributed by atoms with Crippen LogP contribution in [0.4, 0.5) is 0 Å². The van der Waals surface area contributed by atoms with Gasteiger partial charge in [-0.3, -0.25) is 4.79 Å². The number of ether oxygens (including phenoxy) is 1. The van der Waals surface area contributed by atoms with Gasteiger partial charge in [0, 0.05) is 5.56 Å². The summed E-state index contributed by atoms with van der Waals surface area (Å²) in [7, 11) is 1.62. The van der Waals surface area contributed by atoms with Crippen molar-refractivity contribution in [2.45, 2.75) is 23.6 Å². The Morgan fingerprint density at radius 1 is 1.25 bits per heavy atom. The summed E-state index contributed by atoms with van der Waals surface area (Å²) in [6.07, 6.45) is 0.646. The third-order valence-electron chi connectivity index (χ3n) is 3.54. The Balaban J connectivity index is 1.97. The van der Waals surface area contributed by atoms with Crippen molar-refractivity contribution in [3.8, 4) is 17.1 Å². The van der Waals surface area contributed by atoms with Gasteiger partial charge < -0.3 is 10.5 Å². The van der Waals surface area contributed by atoms with E-state index in [2.05, 4.69) is 15.3 Å². The van der Waals surface area contributed by atoms with Crippen molar-refractivity contribution >= 4 is 23.3 Å². The summed E-state index contributed by atoms with van der Waals surface area (Å²) >= 11 is 1.34. The van der Waals surface area contributed by atoms with Crippen molar-refractivity contribution < 1.29 is 9.53 Å². The lowest BCUT2D eigenvalue weighted by Crippen LogP contribution is -2.25. The molecule has 24 heavy (non-hydrogen) atoms. The van der Waals surface area contributed by atoms with E-state index >= 15 is 0 Å². The predicted octanol–water partition coefficient (Wildman–Crippen LogP) is 2.16. The molecule has 1 atom stereocenters. The molecule has 0 aliphatic heterocycles. The molecule has 7 nitrogen and oxygen atoms in total. The molecule has 0 spiro atoms. The Bertz CT molecular complexity index is 863. The van der Waals surface area contributed by atoms with Crippen LogP contribution in [0.5, 0.6) is 5.75 Å². The van der Waals surface area contributed by atoms with Crippen LogP contribution in [-0.2, 0) is 4.79 Å². The van der Waals surface area contributed by atoms with Gasteiger partial charge in [0.25, 0.3) is 0 Å². The molecular weight excluding hydrogens is 326 g/mol. The first-order valence-corrected chi connectivity index (χ1v) is 8.33. The number of carbonyl (C=O) groups is 1. The highest BCUT2D eigenvalue weighted by molar-refractivity contribution is 8.00. The minimum atomic E-state index is -0.344. The molecule has 2 heterocycles. The third kappa shape index (κ3) is 3.18. The van der Waals surface area contributed by atoms with E-state index in [0.29, 0.717) is 22.9 Å². The molecule has 0 fully saturated rings. The fraction of sp³-hybridized carbons (Fsp3) is 0.250. The molecule has 2 aromatic heterocycles. The van der Waals surface area contributed by atoms with Crippen LogP contribution in [0.15, 0.2) is 41.4 Å². The molecule has 0 bridgehead atoms. The number of thioether (sulfide) groups is 1. The van der Waals surface area contributed by atoms with Crippen molar-refractivity contribution in [2.75, 3.05) is 7.11 Å². The van der Waals surface area contributed by atoms with Crippen LogP contribution < -0.4 is 10.5 Å². The SMILES string of the molecule is CCC(Sc1ccc2nnc(-c3ccc(OC)cc3)n2n1)C(N)=O. The largest absolute Gasteiger partial charge is 0.497 e. The highest BCUT2D eigenvalue weighted by Gasteiger charge is 2.17. The van der Waals surface area contributed by atoms with E-state index in [1.54, 1.807) is 11.6 Å². The Hall–Kier alpha value is -2.61. The highest BCUT2D eigenvalue weighted by atomic mass is 32.2. The van der Waals surface area contributed by atoms with Crippen molar-refractivity contribution in [2.24, 2.45) is 5.73 Å². The van der Waals surface area contributed by atoms with Crippen molar-refractivity contribution in [1.29, 1.82) is 0 Å². The number of hydrogen-bond donors (Lipinski definition) is 1. The summed E-state index contributed by atoms with van der Waals surface area (Å²) in [4.78, 5) is 11.4. The number of rotatable bonds is 6. The zero-order valence-electron chi connectivity index (χ0n) is 13.3. The topological polar surface area (TPSA) is 95.4 Å². The molecule has 0 aliphatic rings. The fourth-order valence-corrected chi connectivity index (χ4v) is 3.09. The Morgan fingerprint density at radius 2 is 2.00 bits per heavy atom. The van der Waals surface area contributed by atoms with Crippen LogP contribution in [0.2, 0.25) is 0 Å². The lowest BCUT2D eigenvalue weighted by atomic mass is 10.2. The maximum Gasteiger partial charge on any atom is 0.230 e. The molecule has 0 radical (unpaired) electrons. The van der Waals surface area contributed by atoms with Gasteiger partial charge in [0.15, 0.2) is 11.5 Å². The van der Waals surface area contributed by atoms with Crippen LogP contribution in [-0.4, -0.2) is 38.1 Å². The Kier molecular flexibility index (Phi) is 4.66. The molecule has 124 valence electrons. The number of aromatic nitrogens is 4. The number of benzene rings is 1. The van der Waals surface area contributed by atoms with Gasteiger partial charge in [0.1, 0.15) is 10.8 Å². The number of nitrogens with two attached hydrogens (primary N) is 1. The minimum Gasteiger partial charge on any atom is -0.497 e. The first-order chi connectivity index (χ1) is 11.6. The van der Waals surface area contributed by atoms with E-state index in [1.807, 2.05) is 43.3 Å². The zero-order chi connectivity index (χ0) is 17.1. The van der Waals surface area contributed by atoms with E-state index in [0.717, 1.165) is 11.3 Å². The van der Waals surface area contributed by atoms with Crippen LogP contribution in [0.1, 0.15) is 13.3 Å². The average Bonchev–Trinajstić information content (AvgIpc) is 3.02. The summed E-state index contributed by atoms with van der Waals surface area (Å²) in [6, 6.07) is 11.1. The van der Waals surface area contributed by atoms with Crippen LogP contribution in [0.25, 0.3) is 17.0 Å². The molecular formula is C16H17N5O2S. The van der Waals surface area contributed by atoms with E-state index in [1.165, 1.54) is 11.8 Å². The molecule has 3 rings (SSSR count). The molecule has 1 amide bonds. The minimum absolute atomic E-state index is 0.309. The van der Waals surface area contributed by atoms with Crippen molar-refractivity contribution in [1.82, 2.24) is 19.8 Å². The van der Waals surface area contributed by atoms with Crippen molar-refractivity contribution in [3.63, 3.8) is 0 Å². The van der Waals surface area contributed by atoms with Gasteiger partial charge in [0.2, 0.25) is 5.91 Å². The van der Waals surface area contributed by atoms with Gasteiger partial charge in [-0.2, -0.15) is 9.61 Å². The molecule has 2 N–H and O–H groups in total. The third-order valence-corrected chi connectivity index (χ3v) is 4.85. The average molecular weight is 343 g/mol. The van der Waals surface area contributed by atoms with Gasteiger partial charge in [-0.05, 0) is 42.8 Å². The Labute approximate surface area is 143 Å². The molecule has 3 aromatic rings. The Morgan fingerprint density at radius 3 is 2.62 bits per heavy atom. The number of methoxy groups -OCH3 is 1. The normalized spacial score (nSPS) is 12.2. The smallest absolute Gasteiger partial charge is 0.230 e. The second-order valence-corrected chi connectivity index (χ2v) is 6.33. The number of carbonyl (C=O) groups excluding carboxylic acids is 1. The lowest BCUT2D eigenvalue weighted by Gasteiger charge is -2.09. The van der Waals surface area contributed by atoms with Gasteiger partial charge >= 0.3 is 0 Å². The van der Waals surface area contributed by atoms with E-state index < -0.39 is 0 Å². The molecule has 8 heteroatoms. The number of fused-ring (bicyclic) bond motifs is 1. The van der Waals surface area contributed by atoms with Crippen LogP contribution in [0, 0.1) is 0 Å². The second kappa shape index (κ2) is 6.88. The van der Waals surface area contributed by atoms with E-state index in [9.17, 15) is 4.79 Å². The maximum atomic E-state index is 11.4. The lowest BCUT2D eigenvalue weighted by molar-refractivity contribution is -0.117. The quantitative estimate of drug-likeness (QED) is 0.689.